The molecule has 2 fully saturated rings. The van der Waals surface area contributed by atoms with Crippen molar-refractivity contribution in [3.05, 3.63) is 23.8 Å². The Morgan fingerprint density at radius 2 is 2.00 bits per heavy atom. The fraction of sp³-hybridized carbons (Fsp3) is 0.632. The maximum absolute atomic E-state index is 12.4. The molecule has 6 heteroatoms. The molecule has 1 aromatic carbocycles. The van der Waals surface area contributed by atoms with Crippen LogP contribution < -0.4 is 9.47 Å². The quantitative estimate of drug-likeness (QED) is 0.908. The van der Waals surface area contributed by atoms with E-state index < -0.39 is 5.60 Å². The topological polar surface area (TPSA) is 68.2 Å². The van der Waals surface area contributed by atoms with E-state index in [0.29, 0.717) is 24.5 Å². The number of aliphatic hydroxyl groups is 1. The Morgan fingerprint density at radius 3 is 2.68 bits per heavy atom. The van der Waals surface area contributed by atoms with Crippen LogP contribution in [0.2, 0.25) is 0 Å². The van der Waals surface area contributed by atoms with Gasteiger partial charge in [-0.3, -0.25) is 0 Å². The van der Waals surface area contributed by atoms with Gasteiger partial charge in [-0.1, -0.05) is 12.8 Å². The highest BCUT2D eigenvalue weighted by molar-refractivity contribution is 5.69. The molecular weight excluding hydrogens is 322 g/mol. The van der Waals surface area contributed by atoms with E-state index in [2.05, 4.69) is 0 Å². The van der Waals surface area contributed by atoms with Crippen LogP contribution in [0.5, 0.6) is 11.5 Å². The molecule has 3 atom stereocenters. The zero-order valence-corrected chi connectivity index (χ0v) is 15.2. The van der Waals surface area contributed by atoms with Crippen LogP contribution in [0, 0.1) is 5.92 Å². The molecule has 1 aromatic rings. The Bertz CT molecular complexity index is 634. The molecule has 25 heavy (non-hydrogen) atoms. The van der Waals surface area contributed by atoms with Crippen LogP contribution in [0.15, 0.2) is 18.2 Å². The molecule has 1 amide bonds. The second-order valence-electron chi connectivity index (χ2n) is 6.92. The maximum Gasteiger partial charge on any atom is 0.410 e. The Balaban J connectivity index is 2.10. The van der Waals surface area contributed by atoms with Crippen molar-refractivity contribution < 1.29 is 24.1 Å². The van der Waals surface area contributed by atoms with Gasteiger partial charge in [-0.2, -0.15) is 0 Å². The lowest BCUT2D eigenvalue weighted by molar-refractivity contribution is -0.118. The van der Waals surface area contributed by atoms with Gasteiger partial charge < -0.3 is 24.2 Å². The van der Waals surface area contributed by atoms with Gasteiger partial charge >= 0.3 is 6.09 Å². The molecule has 1 saturated heterocycles. The Labute approximate surface area is 148 Å². The predicted molar refractivity (Wildman–Crippen MR) is 92.9 cm³/mol. The molecule has 1 heterocycles. The number of likely N-dealkylation sites (tertiary alicyclic amines) is 1. The highest BCUT2D eigenvalue weighted by Crippen LogP contribution is 2.51. The summed E-state index contributed by atoms with van der Waals surface area (Å²) >= 11 is 0. The number of hydrogen-bond acceptors (Lipinski definition) is 5. The van der Waals surface area contributed by atoms with E-state index in [1.165, 1.54) is 7.11 Å². The molecule has 0 spiro atoms. The maximum atomic E-state index is 12.4. The molecule has 1 N–H and O–H groups in total. The zero-order valence-electron chi connectivity index (χ0n) is 15.2. The van der Waals surface area contributed by atoms with E-state index in [1.807, 2.05) is 18.2 Å². The molecule has 2 aliphatic rings. The molecule has 138 valence electrons. The fourth-order valence-electron chi connectivity index (χ4n) is 4.46. The van der Waals surface area contributed by atoms with Crippen molar-refractivity contribution in [3.63, 3.8) is 0 Å². The Hall–Kier alpha value is -1.95. The number of ether oxygens (including phenoxy) is 3. The monoisotopic (exact) mass is 349 g/mol. The minimum absolute atomic E-state index is 0.0462. The first kappa shape index (κ1) is 17.9. The Morgan fingerprint density at radius 1 is 1.20 bits per heavy atom. The molecule has 0 unspecified atom stereocenters. The largest absolute Gasteiger partial charge is 0.497 e. The molecule has 0 aromatic heterocycles. The van der Waals surface area contributed by atoms with Crippen molar-refractivity contribution in [2.45, 2.75) is 43.7 Å². The van der Waals surface area contributed by atoms with Crippen LogP contribution >= 0.6 is 0 Å². The minimum atomic E-state index is -0.748. The summed E-state index contributed by atoms with van der Waals surface area (Å²) in [5.41, 5.74) is 0.110. The smallest absolute Gasteiger partial charge is 0.410 e. The van der Waals surface area contributed by atoms with Gasteiger partial charge in [0.1, 0.15) is 11.5 Å². The number of fused-ring (bicyclic) bond motifs is 1. The number of amides is 1. The molecular formula is C19H27NO5. The van der Waals surface area contributed by atoms with Crippen molar-refractivity contribution in [1.29, 1.82) is 0 Å². The van der Waals surface area contributed by atoms with E-state index in [9.17, 15) is 9.90 Å². The summed E-state index contributed by atoms with van der Waals surface area (Å²) in [6, 6.07) is 5.29. The summed E-state index contributed by atoms with van der Waals surface area (Å²) in [6.07, 6.45) is 3.92. The summed E-state index contributed by atoms with van der Waals surface area (Å²) < 4.78 is 15.9. The number of hydrogen-bond donors (Lipinski definition) is 1. The summed E-state index contributed by atoms with van der Waals surface area (Å²) in [6.45, 7) is 0.463. The van der Waals surface area contributed by atoms with E-state index in [4.69, 9.17) is 14.2 Å². The second-order valence-corrected chi connectivity index (χ2v) is 6.92. The van der Waals surface area contributed by atoms with Crippen LogP contribution in [0.1, 0.15) is 43.7 Å². The number of carbonyl (C=O) groups excluding carboxylic acids is 1. The van der Waals surface area contributed by atoms with Gasteiger partial charge in [0.25, 0.3) is 0 Å². The molecule has 1 aliphatic heterocycles. The van der Waals surface area contributed by atoms with Crippen LogP contribution in [0.4, 0.5) is 4.79 Å². The normalized spacial score (nSPS) is 28.9. The third-order valence-corrected chi connectivity index (χ3v) is 5.73. The number of piperidine rings is 1. The van der Waals surface area contributed by atoms with Gasteiger partial charge in [0, 0.05) is 18.0 Å². The summed E-state index contributed by atoms with van der Waals surface area (Å²) in [5.74, 6) is 1.34. The average molecular weight is 349 g/mol. The highest BCUT2D eigenvalue weighted by Gasteiger charge is 2.51. The van der Waals surface area contributed by atoms with Crippen LogP contribution in [0.3, 0.4) is 0 Å². The first-order valence-electron chi connectivity index (χ1n) is 8.83. The van der Waals surface area contributed by atoms with Crippen molar-refractivity contribution in [1.82, 2.24) is 4.90 Å². The minimum Gasteiger partial charge on any atom is -0.497 e. The first-order chi connectivity index (χ1) is 12.0. The molecule has 6 nitrogen and oxygen atoms in total. The number of rotatable bonds is 3. The van der Waals surface area contributed by atoms with E-state index >= 15 is 0 Å². The van der Waals surface area contributed by atoms with Gasteiger partial charge in [0.05, 0.1) is 33.0 Å². The lowest BCUT2D eigenvalue weighted by Crippen LogP contribution is -2.56. The van der Waals surface area contributed by atoms with Crippen LogP contribution in [-0.2, 0) is 4.74 Å². The van der Waals surface area contributed by atoms with Crippen LogP contribution in [0.25, 0.3) is 0 Å². The highest BCUT2D eigenvalue weighted by atomic mass is 16.5. The van der Waals surface area contributed by atoms with Gasteiger partial charge in [0.2, 0.25) is 0 Å². The predicted octanol–water partition coefficient (Wildman–Crippen LogP) is 3.14. The number of carbonyl (C=O) groups is 1. The average Bonchev–Trinajstić information content (AvgIpc) is 2.65. The first-order valence-corrected chi connectivity index (χ1v) is 8.83. The van der Waals surface area contributed by atoms with E-state index in [1.54, 1.807) is 19.1 Å². The molecule has 1 aliphatic carbocycles. The molecule has 1 saturated carbocycles. The Kier molecular flexibility index (Phi) is 5.08. The number of nitrogens with zero attached hydrogens (tertiary/aromatic N) is 1. The standard InChI is InChI=1S/C19H27NO5/c1-23-13-7-8-16(24-2)14(12-13)17-15-6-4-5-9-19(15,22)10-11-20(17)18(21)25-3/h7-8,12,15,17,22H,4-6,9-11H2,1-3H3/t15-,17+,19+/m0/s1. The summed E-state index contributed by atoms with van der Waals surface area (Å²) in [7, 11) is 4.62. The van der Waals surface area contributed by atoms with Gasteiger partial charge in [0.15, 0.2) is 0 Å². The molecule has 0 radical (unpaired) electrons. The lowest BCUT2D eigenvalue weighted by Gasteiger charge is -2.52. The number of benzene rings is 1. The van der Waals surface area contributed by atoms with Gasteiger partial charge in [-0.15, -0.1) is 0 Å². The van der Waals surface area contributed by atoms with Crippen molar-refractivity contribution in [2.24, 2.45) is 5.92 Å². The second kappa shape index (κ2) is 7.12. The SMILES string of the molecule is COC(=O)N1CC[C@]2(O)CCCC[C@H]2[C@H]1c1cc(OC)ccc1OC. The lowest BCUT2D eigenvalue weighted by atomic mass is 9.66. The number of methoxy groups -OCH3 is 3. The van der Waals surface area contributed by atoms with Gasteiger partial charge in [-0.25, -0.2) is 4.79 Å². The van der Waals surface area contributed by atoms with Crippen molar-refractivity contribution in [2.75, 3.05) is 27.9 Å². The third-order valence-electron chi connectivity index (χ3n) is 5.73. The van der Waals surface area contributed by atoms with Gasteiger partial charge in [-0.05, 0) is 37.5 Å². The molecule has 3 rings (SSSR count). The summed E-state index contributed by atoms with van der Waals surface area (Å²) in [4.78, 5) is 14.2. The molecule has 0 bridgehead atoms. The van der Waals surface area contributed by atoms with Crippen molar-refractivity contribution in [3.8, 4) is 11.5 Å². The fourth-order valence-corrected chi connectivity index (χ4v) is 4.46. The summed E-state index contributed by atoms with van der Waals surface area (Å²) in [5, 5.41) is 11.2. The third kappa shape index (κ3) is 3.15. The van der Waals surface area contributed by atoms with E-state index in [0.717, 1.165) is 31.2 Å². The zero-order chi connectivity index (χ0) is 18.0. The van der Waals surface area contributed by atoms with Crippen LogP contribution in [-0.4, -0.2) is 49.6 Å². The van der Waals surface area contributed by atoms with Crippen molar-refractivity contribution >= 4 is 6.09 Å². The van der Waals surface area contributed by atoms with E-state index in [-0.39, 0.29) is 18.1 Å².